The van der Waals surface area contributed by atoms with E-state index in [4.69, 9.17) is 14.2 Å². The molecule has 4 aliphatic rings. The summed E-state index contributed by atoms with van der Waals surface area (Å²) in [7, 11) is 0. The van der Waals surface area contributed by atoms with Crippen LogP contribution in [0.4, 0.5) is 8.78 Å². The first-order valence-electron chi connectivity index (χ1n) is 17.1. The second-order valence-corrected chi connectivity index (χ2v) is 14.8. The van der Waals surface area contributed by atoms with E-state index in [1.165, 1.54) is 26.8 Å². The number of halogens is 2. The van der Waals surface area contributed by atoms with Crippen molar-refractivity contribution in [1.29, 1.82) is 0 Å². The first-order chi connectivity index (χ1) is 22.4. The minimum atomic E-state index is -2.49. The maximum Gasteiger partial charge on any atom is 0.309 e. The summed E-state index contributed by atoms with van der Waals surface area (Å²) >= 11 is 0. The monoisotopic (exact) mass is 680 g/mol. The Balaban J connectivity index is 1.64. The van der Waals surface area contributed by atoms with Gasteiger partial charge in [0.1, 0.15) is 12.3 Å². The molecule has 4 aliphatic carbocycles. The fourth-order valence-electron chi connectivity index (χ4n) is 8.63. The number of ether oxygens (including phenoxy) is 3. The van der Waals surface area contributed by atoms with Crippen molar-refractivity contribution in [2.24, 2.45) is 34.5 Å². The zero-order chi connectivity index (χ0) is 35.8. The highest BCUT2D eigenvalue weighted by atomic mass is 19.1. The van der Waals surface area contributed by atoms with Crippen molar-refractivity contribution >= 4 is 29.5 Å². The third-order valence-electron chi connectivity index (χ3n) is 11.7. The minimum absolute atomic E-state index is 0.0758. The minimum Gasteiger partial charge on any atom is -0.465 e. The predicted molar refractivity (Wildman–Crippen MR) is 169 cm³/mol. The zero-order valence-electron chi connectivity index (χ0n) is 28.8. The highest BCUT2D eigenvalue weighted by Crippen LogP contribution is 2.70. The van der Waals surface area contributed by atoms with Crippen LogP contribution in [0.3, 0.4) is 0 Å². The van der Waals surface area contributed by atoms with E-state index in [0.29, 0.717) is 12.8 Å². The van der Waals surface area contributed by atoms with Crippen LogP contribution in [-0.2, 0) is 38.2 Å². The molecule has 0 spiro atoms. The molecule has 0 amide bonds. The van der Waals surface area contributed by atoms with Gasteiger partial charge in [-0.1, -0.05) is 53.5 Å². The fraction of sp³-hybridized carbons (Fsp3) is 0.750. The van der Waals surface area contributed by atoms with E-state index in [1.807, 2.05) is 20.8 Å². The molecule has 0 saturated heterocycles. The summed E-state index contributed by atoms with van der Waals surface area (Å²) in [4.78, 5) is 64.7. The molecule has 0 aromatic heterocycles. The lowest BCUT2D eigenvalue weighted by Crippen LogP contribution is -2.71. The van der Waals surface area contributed by atoms with Gasteiger partial charge in [0.2, 0.25) is 11.4 Å². The largest absolute Gasteiger partial charge is 0.465 e. The van der Waals surface area contributed by atoms with Gasteiger partial charge in [0.15, 0.2) is 18.1 Å². The summed E-state index contributed by atoms with van der Waals surface area (Å²) in [6, 6.07) is 0. The molecule has 2 N–H and O–H groups in total. The van der Waals surface area contributed by atoms with Gasteiger partial charge in [-0.25, -0.2) is 8.78 Å². The first-order valence-corrected chi connectivity index (χ1v) is 17.1. The summed E-state index contributed by atoms with van der Waals surface area (Å²) in [5.74, 6) is -6.70. The molecule has 0 radical (unpaired) electrons. The molecular formula is C36H50F2O10. The number of rotatable bonds is 13. The van der Waals surface area contributed by atoms with E-state index >= 15 is 8.78 Å². The number of aliphatic hydroxyl groups is 2. The second-order valence-electron chi connectivity index (χ2n) is 14.8. The maximum atomic E-state index is 17.6. The van der Waals surface area contributed by atoms with Crippen molar-refractivity contribution < 1.29 is 57.2 Å². The molecule has 11 unspecified atom stereocenters. The van der Waals surface area contributed by atoms with Gasteiger partial charge in [0.25, 0.3) is 0 Å². The third kappa shape index (κ3) is 6.16. The summed E-state index contributed by atoms with van der Waals surface area (Å²) in [5, 5.41) is 23.3. The van der Waals surface area contributed by atoms with Crippen molar-refractivity contribution in [3.63, 3.8) is 0 Å². The number of hydrogen-bond donors (Lipinski definition) is 2. The molecular weight excluding hydrogens is 630 g/mol. The number of alkyl halides is 2. The van der Waals surface area contributed by atoms with E-state index in [0.717, 1.165) is 18.6 Å². The number of esters is 3. The van der Waals surface area contributed by atoms with Crippen molar-refractivity contribution in [1.82, 2.24) is 0 Å². The van der Waals surface area contributed by atoms with Crippen LogP contribution in [-0.4, -0.2) is 82.6 Å². The van der Waals surface area contributed by atoms with Crippen LogP contribution in [0.25, 0.3) is 0 Å². The highest BCUT2D eigenvalue weighted by Gasteiger charge is 2.78. The van der Waals surface area contributed by atoms with Crippen molar-refractivity contribution in [2.45, 2.75) is 123 Å². The molecule has 0 aromatic rings. The predicted octanol–water partition coefficient (Wildman–Crippen LogP) is 4.48. The Morgan fingerprint density at radius 2 is 1.71 bits per heavy atom. The number of Topliss-reactive ketones (excluding diaryl/α,β-unsaturated/α-hetero) is 1. The lowest BCUT2D eigenvalue weighted by Gasteiger charge is -2.63. The van der Waals surface area contributed by atoms with Crippen molar-refractivity contribution in [3.8, 4) is 0 Å². The number of allylic oxidation sites excluding steroid dienone is 4. The molecule has 0 aliphatic heterocycles. The van der Waals surface area contributed by atoms with Gasteiger partial charge in [-0.3, -0.25) is 24.0 Å². The average Bonchev–Trinajstić information content (AvgIpc) is 3.25. The topological polar surface area (TPSA) is 154 Å². The number of unbranched alkanes of at least 4 members (excludes halogenated alkanes) is 1. The van der Waals surface area contributed by atoms with Crippen molar-refractivity contribution in [3.05, 3.63) is 23.8 Å². The molecule has 48 heavy (non-hydrogen) atoms. The summed E-state index contributed by atoms with van der Waals surface area (Å²) in [6.45, 7) is 9.41. The van der Waals surface area contributed by atoms with Crippen LogP contribution in [0.5, 0.6) is 0 Å². The lowest BCUT2D eigenvalue weighted by atomic mass is 9.44. The fourth-order valence-corrected chi connectivity index (χ4v) is 8.63. The van der Waals surface area contributed by atoms with Gasteiger partial charge in [0.05, 0.1) is 25.0 Å². The lowest BCUT2D eigenvalue weighted by molar-refractivity contribution is -0.235. The molecule has 12 heteroatoms. The number of ketones is 2. The summed E-state index contributed by atoms with van der Waals surface area (Å²) in [5.41, 5.74) is -8.21. The Kier molecular flexibility index (Phi) is 11.1. The van der Waals surface area contributed by atoms with E-state index < -0.39 is 114 Å². The molecule has 0 aromatic carbocycles. The number of hydrogen-bond acceptors (Lipinski definition) is 10. The molecule has 0 bridgehead atoms. The van der Waals surface area contributed by atoms with Crippen molar-refractivity contribution in [2.75, 3.05) is 13.2 Å². The first kappa shape index (κ1) is 37.8. The van der Waals surface area contributed by atoms with E-state index in [-0.39, 0.29) is 30.9 Å². The Labute approximate surface area is 280 Å². The van der Waals surface area contributed by atoms with E-state index in [9.17, 15) is 34.2 Å². The normalized spacial score (nSPS) is 38.1. The maximum absolute atomic E-state index is 17.6. The second kappa shape index (κ2) is 14.1. The summed E-state index contributed by atoms with van der Waals surface area (Å²) in [6.07, 6.45) is -1.56. The molecule has 3 fully saturated rings. The van der Waals surface area contributed by atoms with Crippen LogP contribution in [0.1, 0.15) is 92.9 Å². The zero-order valence-corrected chi connectivity index (χ0v) is 28.8. The molecule has 268 valence electrons. The molecule has 3 saturated carbocycles. The standard InChI is InChI=1S/C36H50F2O10/c1-7-9-10-30(43)48-36(29(42)19-46-31(44)13-21(4)32(45)47-18-20(3)8-2)27(40)16-23-24-15-26(37)25-14-22(39)11-12-33(25,5)35(24,38)28(41)17-34(23,36)6/h11-12,14,20-21,23-24,26-28,40-41H,7-10,13,15-19H2,1-6H3. The van der Waals surface area contributed by atoms with Gasteiger partial charge in [-0.15, -0.1) is 0 Å². The van der Waals surface area contributed by atoms with E-state index in [1.54, 1.807) is 0 Å². The molecule has 0 heterocycles. The van der Waals surface area contributed by atoms with Crippen LogP contribution in [0.2, 0.25) is 0 Å². The number of fused-ring (bicyclic) bond motifs is 5. The molecule has 11 atom stereocenters. The third-order valence-corrected chi connectivity index (χ3v) is 11.7. The smallest absolute Gasteiger partial charge is 0.309 e. The SMILES string of the molecule is CCCCC(=O)OC1(C(=O)COC(=O)CC(C)C(=O)OCC(C)CC)C(O)CC2C3CC(F)C4=CC(=O)C=CC4(C)C3(F)C(O)CC21C. The Hall–Kier alpha value is -2.99. The Morgan fingerprint density at radius 1 is 1.02 bits per heavy atom. The number of aliphatic hydroxyl groups excluding tert-OH is 2. The van der Waals surface area contributed by atoms with Crippen LogP contribution < -0.4 is 0 Å². The van der Waals surface area contributed by atoms with Gasteiger partial charge in [0, 0.05) is 23.2 Å². The number of carbonyl (C=O) groups is 5. The Morgan fingerprint density at radius 3 is 2.35 bits per heavy atom. The summed E-state index contributed by atoms with van der Waals surface area (Å²) < 4.78 is 49.9. The highest BCUT2D eigenvalue weighted by molar-refractivity contribution is 6.01. The Bertz CT molecular complexity index is 1360. The van der Waals surface area contributed by atoms with Gasteiger partial charge >= 0.3 is 17.9 Å². The van der Waals surface area contributed by atoms with Gasteiger partial charge in [-0.05, 0) is 62.2 Å². The van der Waals surface area contributed by atoms with Gasteiger partial charge < -0.3 is 24.4 Å². The van der Waals surface area contributed by atoms with Crippen LogP contribution in [0, 0.1) is 34.5 Å². The van der Waals surface area contributed by atoms with Crippen LogP contribution in [0.15, 0.2) is 23.8 Å². The quantitative estimate of drug-likeness (QED) is 0.210. The molecule has 4 rings (SSSR count). The number of carbonyl (C=O) groups excluding carboxylic acids is 5. The average molecular weight is 681 g/mol. The van der Waals surface area contributed by atoms with Gasteiger partial charge in [-0.2, -0.15) is 0 Å². The molecule has 10 nitrogen and oxygen atoms in total. The van der Waals surface area contributed by atoms with Crippen LogP contribution >= 0.6 is 0 Å². The van der Waals surface area contributed by atoms with E-state index in [2.05, 4.69) is 0 Å².